The Balaban J connectivity index is 2.24. The van der Waals surface area contributed by atoms with Crippen LogP contribution in [0.4, 0.5) is 0 Å². The number of hydrogen-bond donors (Lipinski definition) is 0. The third kappa shape index (κ3) is 6.86. The summed E-state index contributed by atoms with van der Waals surface area (Å²) in [6.07, 6.45) is 8.97. The molecule has 0 aliphatic carbocycles. The summed E-state index contributed by atoms with van der Waals surface area (Å²) in [6.45, 7) is 0.724. The number of rotatable bonds is 8. The third-order valence-electron chi connectivity index (χ3n) is 3.42. The van der Waals surface area contributed by atoms with Crippen LogP contribution in [-0.4, -0.2) is 31.5 Å². The number of carbonyl (C=O) groups is 1. The van der Waals surface area contributed by atoms with Crippen LogP contribution in [0, 0.1) is 24.2 Å². The van der Waals surface area contributed by atoms with Crippen LogP contribution < -0.4 is 4.74 Å². The molecular weight excluding hydrogens is 274 g/mol. The molecule has 0 N–H and O–H groups in total. The van der Waals surface area contributed by atoms with Gasteiger partial charge >= 0.3 is 0 Å². The maximum absolute atomic E-state index is 12.0. The van der Waals surface area contributed by atoms with E-state index in [1.165, 1.54) is 5.56 Å². The molecular formula is C19H23NO2. The van der Waals surface area contributed by atoms with Crippen LogP contribution in [0.5, 0.6) is 5.75 Å². The van der Waals surface area contributed by atoms with Crippen LogP contribution in [0.3, 0.4) is 0 Å². The summed E-state index contributed by atoms with van der Waals surface area (Å²) in [5, 5.41) is 0. The Hall–Kier alpha value is -2.39. The first-order valence-corrected chi connectivity index (χ1v) is 7.47. The Morgan fingerprint density at radius 2 is 2.00 bits per heavy atom. The van der Waals surface area contributed by atoms with Crippen molar-refractivity contribution in [3.8, 4) is 29.9 Å². The molecule has 0 aromatic heterocycles. The van der Waals surface area contributed by atoms with Crippen molar-refractivity contribution in [2.45, 2.75) is 32.1 Å². The quantitative estimate of drug-likeness (QED) is 0.545. The lowest BCUT2D eigenvalue weighted by Gasteiger charge is -2.17. The highest BCUT2D eigenvalue weighted by Gasteiger charge is 2.08. The summed E-state index contributed by atoms with van der Waals surface area (Å²) in [5.74, 6) is 8.76. The molecule has 0 aliphatic rings. The second-order valence-corrected chi connectivity index (χ2v) is 5.07. The highest BCUT2D eigenvalue weighted by Crippen LogP contribution is 2.12. The Morgan fingerprint density at radius 1 is 1.27 bits per heavy atom. The van der Waals surface area contributed by atoms with Gasteiger partial charge in [0.05, 0.1) is 7.11 Å². The Bertz CT molecular complexity index is 558. The van der Waals surface area contributed by atoms with Crippen molar-refractivity contribution in [3.63, 3.8) is 0 Å². The van der Waals surface area contributed by atoms with Gasteiger partial charge in [-0.1, -0.05) is 18.1 Å². The van der Waals surface area contributed by atoms with Crippen LogP contribution in [-0.2, 0) is 11.2 Å². The molecule has 116 valence electrons. The first-order valence-electron chi connectivity index (χ1n) is 7.47. The van der Waals surface area contributed by atoms with Crippen LogP contribution in [0.15, 0.2) is 24.3 Å². The molecule has 1 aromatic carbocycles. The zero-order chi connectivity index (χ0) is 16.2. The predicted octanol–water partition coefficient (Wildman–Crippen LogP) is 2.89. The smallest absolute Gasteiger partial charge is 0.222 e. The van der Waals surface area contributed by atoms with E-state index in [1.54, 1.807) is 12.0 Å². The van der Waals surface area contributed by atoms with Gasteiger partial charge in [0.1, 0.15) is 5.75 Å². The minimum absolute atomic E-state index is 0.179. The van der Waals surface area contributed by atoms with Gasteiger partial charge in [0.25, 0.3) is 0 Å². The van der Waals surface area contributed by atoms with Gasteiger partial charge in [0, 0.05) is 26.4 Å². The average Bonchev–Trinajstić information content (AvgIpc) is 2.56. The molecule has 0 spiro atoms. The molecule has 0 heterocycles. The largest absolute Gasteiger partial charge is 0.497 e. The van der Waals surface area contributed by atoms with Crippen molar-refractivity contribution in [1.82, 2.24) is 4.90 Å². The average molecular weight is 297 g/mol. The summed E-state index contributed by atoms with van der Waals surface area (Å²) in [6, 6.07) is 7.94. The van der Waals surface area contributed by atoms with Crippen molar-refractivity contribution < 1.29 is 9.53 Å². The zero-order valence-electron chi connectivity index (χ0n) is 13.4. The molecule has 1 aromatic rings. The van der Waals surface area contributed by atoms with Crippen molar-refractivity contribution in [1.29, 1.82) is 0 Å². The summed E-state index contributed by atoms with van der Waals surface area (Å²) < 4.78 is 5.13. The monoisotopic (exact) mass is 297 g/mol. The lowest BCUT2D eigenvalue weighted by atomic mass is 10.1. The van der Waals surface area contributed by atoms with Crippen LogP contribution in [0.1, 0.15) is 31.2 Å². The number of likely N-dealkylation sites (N-methyl/N-ethyl adjacent to an activating group) is 1. The second kappa shape index (κ2) is 10.4. The van der Waals surface area contributed by atoms with E-state index in [2.05, 4.69) is 17.8 Å². The van der Waals surface area contributed by atoms with Crippen molar-refractivity contribution in [3.05, 3.63) is 29.8 Å². The first-order chi connectivity index (χ1) is 10.7. The van der Waals surface area contributed by atoms with Gasteiger partial charge in [0.15, 0.2) is 0 Å². The SMILES string of the molecule is C#CC#CCCCCC(=O)N(C)CCc1ccc(OC)cc1. The molecule has 0 bridgehead atoms. The van der Waals surface area contributed by atoms with Crippen LogP contribution in [0.2, 0.25) is 0 Å². The van der Waals surface area contributed by atoms with Gasteiger partial charge in [-0.25, -0.2) is 0 Å². The zero-order valence-corrected chi connectivity index (χ0v) is 13.4. The van der Waals surface area contributed by atoms with E-state index < -0.39 is 0 Å². The Morgan fingerprint density at radius 3 is 2.64 bits per heavy atom. The van der Waals surface area contributed by atoms with E-state index in [4.69, 9.17) is 11.2 Å². The fraction of sp³-hybridized carbons (Fsp3) is 0.421. The topological polar surface area (TPSA) is 29.5 Å². The Labute approximate surface area is 133 Å². The van der Waals surface area contributed by atoms with Gasteiger partial charge in [-0.3, -0.25) is 4.79 Å². The van der Waals surface area contributed by atoms with Crippen molar-refractivity contribution in [2.75, 3.05) is 20.7 Å². The second-order valence-electron chi connectivity index (χ2n) is 5.07. The fourth-order valence-electron chi connectivity index (χ4n) is 2.01. The molecule has 3 nitrogen and oxygen atoms in total. The lowest BCUT2D eigenvalue weighted by molar-refractivity contribution is -0.130. The highest BCUT2D eigenvalue weighted by atomic mass is 16.5. The molecule has 1 rings (SSSR count). The Kier molecular flexibility index (Phi) is 8.31. The molecule has 0 saturated heterocycles. The molecule has 0 radical (unpaired) electrons. The predicted molar refractivity (Wildman–Crippen MR) is 89.4 cm³/mol. The molecule has 22 heavy (non-hydrogen) atoms. The van der Waals surface area contributed by atoms with Gasteiger partial charge in [-0.15, -0.1) is 6.42 Å². The van der Waals surface area contributed by atoms with E-state index in [0.717, 1.165) is 38.0 Å². The number of hydrogen-bond acceptors (Lipinski definition) is 2. The summed E-state index contributed by atoms with van der Waals surface area (Å²) in [4.78, 5) is 13.8. The van der Waals surface area contributed by atoms with Crippen molar-refractivity contribution in [2.24, 2.45) is 0 Å². The summed E-state index contributed by atoms with van der Waals surface area (Å²) in [5.41, 5.74) is 1.20. The highest BCUT2D eigenvalue weighted by molar-refractivity contribution is 5.75. The fourth-order valence-corrected chi connectivity index (χ4v) is 2.01. The van der Waals surface area contributed by atoms with Crippen molar-refractivity contribution >= 4 is 5.91 Å². The molecule has 0 saturated carbocycles. The normalized spacial score (nSPS) is 9.32. The maximum atomic E-state index is 12.0. The first kappa shape index (κ1) is 17.7. The minimum atomic E-state index is 0.179. The lowest BCUT2D eigenvalue weighted by Crippen LogP contribution is -2.28. The summed E-state index contributed by atoms with van der Waals surface area (Å²) >= 11 is 0. The number of benzene rings is 1. The molecule has 3 heteroatoms. The van der Waals surface area contributed by atoms with Gasteiger partial charge < -0.3 is 9.64 Å². The minimum Gasteiger partial charge on any atom is -0.497 e. The van der Waals surface area contributed by atoms with Gasteiger partial charge in [-0.2, -0.15) is 0 Å². The van der Waals surface area contributed by atoms with E-state index in [1.807, 2.05) is 31.3 Å². The number of terminal acetylenes is 1. The number of unbranched alkanes of at least 4 members (excludes halogenated alkanes) is 2. The van der Waals surface area contributed by atoms with E-state index in [0.29, 0.717) is 6.42 Å². The van der Waals surface area contributed by atoms with Gasteiger partial charge in [0.2, 0.25) is 5.91 Å². The van der Waals surface area contributed by atoms with Crippen LogP contribution in [0.25, 0.3) is 0 Å². The molecule has 1 amide bonds. The molecule has 0 fully saturated rings. The van der Waals surface area contributed by atoms with E-state index >= 15 is 0 Å². The number of carbonyl (C=O) groups excluding carboxylic acids is 1. The number of methoxy groups -OCH3 is 1. The molecule has 0 aliphatic heterocycles. The molecule has 0 unspecified atom stereocenters. The standard InChI is InChI=1S/C19H23NO2/c1-4-5-6-7-8-9-10-19(21)20(2)16-15-17-11-13-18(22-3)14-12-17/h1,11-14H,7-10,15-16H2,2-3H3. The number of amides is 1. The summed E-state index contributed by atoms with van der Waals surface area (Å²) in [7, 11) is 3.50. The number of ether oxygens (including phenoxy) is 1. The maximum Gasteiger partial charge on any atom is 0.222 e. The third-order valence-corrected chi connectivity index (χ3v) is 3.42. The number of nitrogens with zero attached hydrogens (tertiary/aromatic N) is 1. The van der Waals surface area contributed by atoms with Gasteiger partial charge in [-0.05, 0) is 48.8 Å². The van der Waals surface area contributed by atoms with E-state index in [9.17, 15) is 4.79 Å². The van der Waals surface area contributed by atoms with Crippen LogP contribution >= 0.6 is 0 Å². The molecule has 0 atom stereocenters. The van der Waals surface area contributed by atoms with E-state index in [-0.39, 0.29) is 5.91 Å².